The van der Waals surface area contributed by atoms with Crippen LogP contribution in [0.3, 0.4) is 0 Å². The molecule has 4 rings (SSSR count). The fraction of sp³-hybridized carbons (Fsp3) is 0.250. The van der Waals surface area contributed by atoms with E-state index in [1.807, 2.05) is 6.07 Å². The highest BCUT2D eigenvalue weighted by molar-refractivity contribution is 6.31. The molecule has 0 unspecified atom stereocenters. The number of fused-ring (bicyclic) bond motifs is 1. The molecule has 0 atom stereocenters. The topological polar surface area (TPSA) is 87.6 Å². The quantitative estimate of drug-likeness (QED) is 0.644. The van der Waals surface area contributed by atoms with Crippen LogP contribution in [0.15, 0.2) is 30.5 Å². The minimum atomic E-state index is -0.505. The lowest BCUT2D eigenvalue weighted by molar-refractivity contribution is 0.628. The molecule has 0 saturated heterocycles. The second kappa shape index (κ2) is 7.01. The number of hydrogen-bond acceptors (Lipinski definition) is 5. The molecule has 0 amide bonds. The Morgan fingerprint density at radius 1 is 1.26 bits per heavy atom. The number of nitrogen functional groups attached to an aromatic ring is 1. The van der Waals surface area contributed by atoms with Crippen molar-refractivity contribution < 1.29 is 4.39 Å². The second-order valence-electron chi connectivity index (χ2n) is 6.72. The van der Waals surface area contributed by atoms with Crippen LogP contribution in [0.1, 0.15) is 42.9 Å². The van der Waals surface area contributed by atoms with Crippen molar-refractivity contribution in [3.8, 4) is 6.07 Å². The summed E-state index contributed by atoms with van der Waals surface area (Å²) in [6.45, 7) is 0. The van der Waals surface area contributed by atoms with Gasteiger partial charge in [0.1, 0.15) is 23.3 Å². The predicted molar refractivity (Wildman–Crippen MR) is 105 cm³/mol. The van der Waals surface area contributed by atoms with Gasteiger partial charge in [0.25, 0.3) is 0 Å². The van der Waals surface area contributed by atoms with Crippen LogP contribution in [0, 0.1) is 17.1 Å². The summed E-state index contributed by atoms with van der Waals surface area (Å²) in [5.41, 5.74) is 8.91. The number of pyridine rings is 2. The highest BCUT2D eigenvalue weighted by Gasteiger charge is 2.21. The number of aromatic nitrogens is 2. The standard InChI is InChI=1S/C20H17ClFN5/c21-15-7-12(5-6-16(15)22)26-19-13-8-17(11-3-1-2-4-11)25-10-18(13)27-20(24)14(19)9-23/h5-8,10-11H,1-4H2,(H3,24,26,27). The molecule has 1 aliphatic rings. The van der Waals surface area contributed by atoms with E-state index in [9.17, 15) is 9.65 Å². The molecule has 0 radical (unpaired) electrons. The molecule has 1 saturated carbocycles. The average molecular weight is 382 g/mol. The van der Waals surface area contributed by atoms with Gasteiger partial charge in [0.05, 0.1) is 22.4 Å². The Kier molecular flexibility index (Phi) is 4.54. The van der Waals surface area contributed by atoms with E-state index >= 15 is 0 Å². The molecule has 2 heterocycles. The van der Waals surface area contributed by atoms with E-state index in [0.29, 0.717) is 22.8 Å². The first-order chi connectivity index (χ1) is 13.1. The molecule has 3 aromatic rings. The van der Waals surface area contributed by atoms with Gasteiger partial charge in [-0.3, -0.25) is 4.98 Å². The Hall–Kier alpha value is -2.91. The largest absolute Gasteiger partial charge is 0.383 e. The first-order valence-corrected chi connectivity index (χ1v) is 9.16. The van der Waals surface area contributed by atoms with Gasteiger partial charge >= 0.3 is 0 Å². The fourth-order valence-electron chi connectivity index (χ4n) is 3.61. The zero-order valence-corrected chi connectivity index (χ0v) is 15.2. The summed E-state index contributed by atoms with van der Waals surface area (Å²) in [5, 5.41) is 13.5. The van der Waals surface area contributed by atoms with E-state index in [1.165, 1.54) is 25.0 Å². The van der Waals surface area contributed by atoms with Crippen molar-refractivity contribution in [3.05, 3.63) is 52.6 Å². The zero-order valence-electron chi connectivity index (χ0n) is 14.5. The molecule has 0 bridgehead atoms. The minimum Gasteiger partial charge on any atom is -0.383 e. The number of halogens is 2. The van der Waals surface area contributed by atoms with E-state index in [4.69, 9.17) is 17.3 Å². The molecule has 136 valence electrons. The lowest BCUT2D eigenvalue weighted by atomic mass is 10.0. The molecular weight excluding hydrogens is 365 g/mol. The summed E-state index contributed by atoms with van der Waals surface area (Å²) in [7, 11) is 0. The van der Waals surface area contributed by atoms with Crippen LogP contribution in [0.4, 0.5) is 21.6 Å². The van der Waals surface area contributed by atoms with E-state index in [2.05, 4.69) is 21.4 Å². The van der Waals surface area contributed by atoms with Gasteiger partial charge in [-0.25, -0.2) is 9.37 Å². The Balaban J connectivity index is 1.87. The number of benzene rings is 1. The molecule has 1 fully saturated rings. The van der Waals surface area contributed by atoms with Crippen LogP contribution in [0.5, 0.6) is 0 Å². The van der Waals surface area contributed by atoms with E-state index in [1.54, 1.807) is 12.3 Å². The summed E-state index contributed by atoms with van der Waals surface area (Å²) in [5.74, 6) is 0.0382. The van der Waals surface area contributed by atoms with Crippen molar-refractivity contribution in [3.63, 3.8) is 0 Å². The molecule has 27 heavy (non-hydrogen) atoms. The van der Waals surface area contributed by atoms with Crippen molar-refractivity contribution >= 4 is 39.7 Å². The molecule has 7 heteroatoms. The second-order valence-corrected chi connectivity index (χ2v) is 7.13. The fourth-order valence-corrected chi connectivity index (χ4v) is 3.79. The SMILES string of the molecule is N#Cc1c(N)nc2cnc(C3CCCC3)cc2c1Nc1ccc(F)c(Cl)c1. The Labute approximate surface area is 161 Å². The van der Waals surface area contributed by atoms with Gasteiger partial charge in [-0.2, -0.15) is 5.26 Å². The molecule has 5 nitrogen and oxygen atoms in total. The predicted octanol–water partition coefficient (Wildman–Crippen LogP) is 5.28. The van der Waals surface area contributed by atoms with Gasteiger partial charge in [-0.1, -0.05) is 24.4 Å². The van der Waals surface area contributed by atoms with Gasteiger partial charge in [0.15, 0.2) is 0 Å². The maximum atomic E-state index is 13.5. The van der Waals surface area contributed by atoms with Crippen LogP contribution in [-0.2, 0) is 0 Å². The van der Waals surface area contributed by atoms with E-state index in [-0.39, 0.29) is 16.4 Å². The molecule has 1 aliphatic carbocycles. The number of nitrogens with one attached hydrogen (secondary N) is 1. The summed E-state index contributed by atoms with van der Waals surface area (Å²) in [4.78, 5) is 8.87. The Morgan fingerprint density at radius 2 is 2.04 bits per heavy atom. The number of nitrogens with zero attached hydrogens (tertiary/aromatic N) is 3. The minimum absolute atomic E-state index is 0.00171. The lowest BCUT2D eigenvalue weighted by Crippen LogP contribution is -2.04. The first-order valence-electron chi connectivity index (χ1n) is 8.78. The number of anilines is 3. The third-order valence-corrected chi connectivity index (χ3v) is 5.28. The van der Waals surface area contributed by atoms with Gasteiger partial charge in [-0.05, 0) is 37.1 Å². The van der Waals surface area contributed by atoms with Gasteiger partial charge in [0, 0.05) is 22.7 Å². The lowest BCUT2D eigenvalue weighted by Gasteiger charge is -2.15. The zero-order chi connectivity index (χ0) is 19.0. The summed E-state index contributed by atoms with van der Waals surface area (Å²) in [6, 6.07) is 8.40. The number of nitriles is 1. The molecule has 2 aromatic heterocycles. The summed E-state index contributed by atoms with van der Waals surface area (Å²) in [6.07, 6.45) is 6.33. The molecule has 1 aromatic carbocycles. The maximum absolute atomic E-state index is 13.5. The third-order valence-electron chi connectivity index (χ3n) is 4.99. The van der Waals surface area contributed by atoms with Crippen LogP contribution < -0.4 is 11.1 Å². The van der Waals surface area contributed by atoms with Crippen molar-refractivity contribution in [2.45, 2.75) is 31.6 Å². The van der Waals surface area contributed by atoms with Crippen LogP contribution in [0.2, 0.25) is 5.02 Å². The number of hydrogen-bond donors (Lipinski definition) is 2. The first kappa shape index (κ1) is 17.5. The monoisotopic (exact) mass is 381 g/mol. The van der Waals surface area contributed by atoms with Gasteiger partial charge < -0.3 is 11.1 Å². The molecular formula is C20H17ClFN5. The van der Waals surface area contributed by atoms with Crippen LogP contribution >= 0.6 is 11.6 Å². The van der Waals surface area contributed by atoms with Crippen LogP contribution in [-0.4, -0.2) is 9.97 Å². The van der Waals surface area contributed by atoms with Gasteiger partial charge in [0.2, 0.25) is 0 Å². The van der Waals surface area contributed by atoms with Crippen molar-refractivity contribution in [1.82, 2.24) is 9.97 Å². The van der Waals surface area contributed by atoms with Crippen molar-refractivity contribution in [2.75, 3.05) is 11.1 Å². The Bertz CT molecular complexity index is 1070. The summed E-state index contributed by atoms with van der Waals surface area (Å²) < 4.78 is 13.5. The highest BCUT2D eigenvalue weighted by Crippen LogP contribution is 2.37. The summed E-state index contributed by atoms with van der Waals surface area (Å²) >= 11 is 5.89. The Morgan fingerprint density at radius 3 is 2.74 bits per heavy atom. The molecule has 0 aliphatic heterocycles. The van der Waals surface area contributed by atoms with Crippen LogP contribution in [0.25, 0.3) is 10.9 Å². The highest BCUT2D eigenvalue weighted by atomic mass is 35.5. The van der Waals surface area contributed by atoms with E-state index < -0.39 is 5.82 Å². The number of rotatable bonds is 3. The smallest absolute Gasteiger partial charge is 0.144 e. The molecule has 0 spiro atoms. The third kappa shape index (κ3) is 3.26. The maximum Gasteiger partial charge on any atom is 0.144 e. The molecule has 3 N–H and O–H groups in total. The van der Waals surface area contributed by atoms with E-state index in [0.717, 1.165) is 23.9 Å². The van der Waals surface area contributed by atoms with Gasteiger partial charge in [-0.15, -0.1) is 0 Å². The van der Waals surface area contributed by atoms with Crippen molar-refractivity contribution in [2.24, 2.45) is 0 Å². The van der Waals surface area contributed by atoms with Crippen molar-refractivity contribution in [1.29, 1.82) is 5.26 Å². The average Bonchev–Trinajstić information content (AvgIpc) is 3.19. The normalized spacial score (nSPS) is 14.4. The number of nitrogens with two attached hydrogens (primary N) is 1.